The summed E-state index contributed by atoms with van der Waals surface area (Å²) in [7, 11) is 0. The normalized spacial score (nSPS) is 14.9. The SMILES string of the molecule is N#CCCN(C(=O)N[C@@H](CCC(N)=O)C(=O)O)C1CC1. The molecule has 0 aromatic rings. The number of carbonyl (C=O) groups excluding carboxylic acids is 2. The predicted octanol–water partition coefficient (Wildman–Crippen LogP) is -0.207. The van der Waals surface area contributed by atoms with Crippen LogP contribution in [-0.4, -0.2) is 46.5 Å². The number of nitrogens with zero attached hydrogens (tertiary/aromatic N) is 2. The molecule has 1 fully saturated rings. The van der Waals surface area contributed by atoms with Crippen LogP contribution in [0.15, 0.2) is 0 Å². The number of urea groups is 1. The second-order valence-electron chi connectivity index (χ2n) is 4.68. The molecule has 1 saturated carbocycles. The number of nitrogens with two attached hydrogens (primary N) is 1. The Bertz CT molecular complexity index is 428. The van der Waals surface area contributed by atoms with E-state index >= 15 is 0 Å². The van der Waals surface area contributed by atoms with Crippen LogP contribution in [0, 0.1) is 11.3 Å². The summed E-state index contributed by atoms with van der Waals surface area (Å²) in [6, 6.07) is 0.362. The van der Waals surface area contributed by atoms with E-state index < -0.39 is 23.9 Å². The highest BCUT2D eigenvalue weighted by Crippen LogP contribution is 2.27. The number of carbonyl (C=O) groups is 3. The molecule has 1 aliphatic rings. The summed E-state index contributed by atoms with van der Waals surface area (Å²) in [6.07, 6.45) is 1.75. The van der Waals surface area contributed by atoms with Crippen LogP contribution < -0.4 is 11.1 Å². The van der Waals surface area contributed by atoms with Gasteiger partial charge in [-0.05, 0) is 19.3 Å². The zero-order valence-corrected chi connectivity index (χ0v) is 11.0. The molecule has 0 spiro atoms. The van der Waals surface area contributed by atoms with E-state index in [1.165, 1.54) is 4.90 Å². The standard InChI is InChI=1S/C12H18N4O4/c13-6-1-7-16(8-2-3-8)12(20)15-9(11(18)19)4-5-10(14)17/h8-9H,1-5,7H2,(H2,14,17)(H,15,20)(H,18,19)/t9-/m0/s1. The third kappa shape index (κ3) is 5.14. The van der Waals surface area contributed by atoms with Crippen molar-refractivity contribution in [2.75, 3.05) is 6.54 Å². The number of aliphatic carboxylic acids is 1. The number of carboxylic acid groups (broad SMARTS) is 1. The van der Waals surface area contributed by atoms with Crippen LogP contribution in [0.5, 0.6) is 0 Å². The van der Waals surface area contributed by atoms with Crippen LogP contribution in [0.2, 0.25) is 0 Å². The monoisotopic (exact) mass is 282 g/mol. The Kier molecular flexibility index (Phi) is 5.77. The predicted molar refractivity (Wildman–Crippen MR) is 68.3 cm³/mol. The van der Waals surface area contributed by atoms with Crippen LogP contribution >= 0.6 is 0 Å². The third-order valence-corrected chi connectivity index (χ3v) is 2.99. The Morgan fingerprint density at radius 1 is 1.45 bits per heavy atom. The first-order valence-electron chi connectivity index (χ1n) is 6.41. The van der Waals surface area contributed by atoms with Gasteiger partial charge >= 0.3 is 12.0 Å². The molecule has 0 unspecified atom stereocenters. The Balaban J connectivity index is 2.56. The van der Waals surface area contributed by atoms with E-state index in [1.807, 2.05) is 6.07 Å². The fraction of sp³-hybridized carbons (Fsp3) is 0.667. The van der Waals surface area contributed by atoms with Gasteiger partial charge in [-0.15, -0.1) is 0 Å². The summed E-state index contributed by atoms with van der Waals surface area (Å²) in [4.78, 5) is 35.2. The van der Waals surface area contributed by atoms with Crippen molar-refractivity contribution < 1.29 is 19.5 Å². The lowest BCUT2D eigenvalue weighted by Gasteiger charge is -2.24. The maximum atomic E-state index is 12.0. The van der Waals surface area contributed by atoms with Crippen molar-refractivity contribution >= 4 is 17.9 Å². The van der Waals surface area contributed by atoms with Gasteiger partial charge in [-0.1, -0.05) is 0 Å². The molecule has 1 rings (SSSR count). The largest absolute Gasteiger partial charge is 0.480 e. The molecule has 0 aliphatic heterocycles. The first-order chi connectivity index (χ1) is 9.45. The second kappa shape index (κ2) is 7.33. The van der Waals surface area contributed by atoms with Crippen LogP contribution in [0.1, 0.15) is 32.1 Å². The highest BCUT2D eigenvalue weighted by Gasteiger charge is 2.33. The molecule has 8 nitrogen and oxygen atoms in total. The van der Waals surface area contributed by atoms with Crippen molar-refractivity contribution in [2.45, 2.75) is 44.2 Å². The molecule has 110 valence electrons. The lowest BCUT2D eigenvalue weighted by atomic mass is 10.1. The van der Waals surface area contributed by atoms with Gasteiger partial charge in [-0.2, -0.15) is 5.26 Å². The molecule has 0 saturated heterocycles. The zero-order valence-electron chi connectivity index (χ0n) is 11.0. The summed E-state index contributed by atoms with van der Waals surface area (Å²) >= 11 is 0. The van der Waals surface area contributed by atoms with Crippen molar-refractivity contribution in [1.29, 1.82) is 5.26 Å². The lowest BCUT2D eigenvalue weighted by molar-refractivity contribution is -0.139. The van der Waals surface area contributed by atoms with Crippen molar-refractivity contribution in [3.8, 4) is 6.07 Å². The van der Waals surface area contributed by atoms with Gasteiger partial charge in [0.2, 0.25) is 5.91 Å². The molecule has 8 heteroatoms. The minimum atomic E-state index is -1.21. The van der Waals surface area contributed by atoms with Gasteiger partial charge in [-0.3, -0.25) is 4.79 Å². The number of hydrogen-bond acceptors (Lipinski definition) is 4. The zero-order chi connectivity index (χ0) is 15.1. The van der Waals surface area contributed by atoms with Gasteiger partial charge in [0.15, 0.2) is 0 Å². The van der Waals surface area contributed by atoms with Gasteiger partial charge < -0.3 is 21.1 Å². The molecule has 4 N–H and O–H groups in total. The summed E-state index contributed by atoms with van der Waals surface area (Å²) < 4.78 is 0. The quantitative estimate of drug-likeness (QED) is 0.566. The van der Waals surface area contributed by atoms with E-state index in [0.29, 0.717) is 0 Å². The number of nitrogens with one attached hydrogen (secondary N) is 1. The Labute approximate surface area is 116 Å². The fourth-order valence-corrected chi connectivity index (χ4v) is 1.78. The van der Waals surface area contributed by atoms with E-state index in [4.69, 9.17) is 16.1 Å². The first-order valence-corrected chi connectivity index (χ1v) is 6.41. The van der Waals surface area contributed by atoms with Gasteiger partial charge in [-0.25, -0.2) is 9.59 Å². The Morgan fingerprint density at radius 3 is 2.55 bits per heavy atom. The Morgan fingerprint density at radius 2 is 2.10 bits per heavy atom. The molecule has 0 aromatic carbocycles. The second-order valence-corrected chi connectivity index (χ2v) is 4.68. The summed E-state index contributed by atoms with van der Waals surface area (Å²) in [5.74, 6) is -1.83. The van der Waals surface area contributed by atoms with E-state index in [9.17, 15) is 14.4 Å². The van der Waals surface area contributed by atoms with E-state index in [-0.39, 0.29) is 31.8 Å². The van der Waals surface area contributed by atoms with Gasteiger partial charge in [0.05, 0.1) is 12.5 Å². The number of primary amides is 1. The molecular weight excluding hydrogens is 264 g/mol. The molecule has 0 bridgehead atoms. The molecule has 0 heterocycles. The number of amides is 3. The molecular formula is C12H18N4O4. The smallest absolute Gasteiger partial charge is 0.326 e. The van der Waals surface area contributed by atoms with Crippen LogP contribution in [-0.2, 0) is 9.59 Å². The average Bonchev–Trinajstić information content (AvgIpc) is 3.18. The number of rotatable bonds is 8. The minimum absolute atomic E-state index is 0.0484. The maximum Gasteiger partial charge on any atom is 0.326 e. The molecule has 1 aliphatic carbocycles. The molecule has 1 atom stereocenters. The summed E-state index contributed by atoms with van der Waals surface area (Å²) in [6.45, 7) is 0.273. The van der Waals surface area contributed by atoms with E-state index in [2.05, 4.69) is 5.32 Å². The number of nitriles is 1. The molecule has 0 radical (unpaired) electrons. The van der Waals surface area contributed by atoms with E-state index in [0.717, 1.165) is 12.8 Å². The third-order valence-electron chi connectivity index (χ3n) is 2.99. The van der Waals surface area contributed by atoms with Crippen molar-refractivity contribution in [3.63, 3.8) is 0 Å². The van der Waals surface area contributed by atoms with Gasteiger partial charge in [0, 0.05) is 19.0 Å². The average molecular weight is 282 g/mol. The maximum absolute atomic E-state index is 12.0. The summed E-state index contributed by atoms with van der Waals surface area (Å²) in [5.41, 5.74) is 4.96. The van der Waals surface area contributed by atoms with Crippen LogP contribution in [0.4, 0.5) is 4.79 Å². The molecule has 0 aromatic heterocycles. The van der Waals surface area contributed by atoms with Crippen LogP contribution in [0.3, 0.4) is 0 Å². The number of carboxylic acids is 1. The molecule has 3 amide bonds. The van der Waals surface area contributed by atoms with E-state index in [1.54, 1.807) is 0 Å². The minimum Gasteiger partial charge on any atom is -0.480 e. The van der Waals surface area contributed by atoms with Crippen molar-refractivity contribution in [3.05, 3.63) is 0 Å². The van der Waals surface area contributed by atoms with Gasteiger partial charge in [0.1, 0.15) is 6.04 Å². The lowest BCUT2D eigenvalue weighted by Crippen LogP contribution is -2.49. The topological polar surface area (TPSA) is 137 Å². The highest BCUT2D eigenvalue weighted by molar-refractivity contribution is 5.83. The molecule has 20 heavy (non-hydrogen) atoms. The fourth-order valence-electron chi connectivity index (χ4n) is 1.78. The summed E-state index contributed by atoms with van der Waals surface area (Å²) in [5, 5.41) is 19.9. The Hall–Kier alpha value is -2.30. The highest BCUT2D eigenvalue weighted by atomic mass is 16.4. The van der Waals surface area contributed by atoms with Crippen LogP contribution in [0.25, 0.3) is 0 Å². The number of hydrogen-bond donors (Lipinski definition) is 3. The van der Waals surface area contributed by atoms with Crippen molar-refractivity contribution in [2.24, 2.45) is 5.73 Å². The first kappa shape index (κ1) is 15.8. The van der Waals surface area contributed by atoms with Gasteiger partial charge in [0.25, 0.3) is 0 Å². The van der Waals surface area contributed by atoms with Crippen molar-refractivity contribution in [1.82, 2.24) is 10.2 Å².